The molecule has 98 valence electrons. The van der Waals surface area contributed by atoms with Crippen molar-refractivity contribution in [3.8, 4) is 0 Å². The number of ketones is 1. The third-order valence-corrected chi connectivity index (χ3v) is 3.14. The van der Waals surface area contributed by atoms with E-state index in [0.717, 1.165) is 6.07 Å². The first-order chi connectivity index (χ1) is 9.65. The Morgan fingerprint density at radius 3 is 2.50 bits per heavy atom. The van der Waals surface area contributed by atoms with Gasteiger partial charge in [-0.05, 0) is 36.4 Å². The van der Waals surface area contributed by atoms with Crippen LogP contribution in [0, 0.1) is 5.82 Å². The molecule has 0 N–H and O–H groups in total. The first kappa shape index (κ1) is 12.7. The van der Waals surface area contributed by atoms with E-state index in [9.17, 15) is 9.18 Å². The Labute approximate surface area is 119 Å². The second-order valence-corrected chi connectivity index (χ2v) is 4.65. The van der Waals surface area contributed by atoms with Gasteiger partial charge in [-0.3, -0.25) is 14.8 Å². The molecule has 5 heteroatoms. The van der Waals surface area contributed by atoms with Gasteiger partial charge in [-0.25, -0.2) is 4.39 Å². The van der Waals surface area contributed by atoms with Crippen molar-refractivity contribution in [2.75, 3.05) is 0 Å². The average molecular weight is 287 g/mol. The molecule has 0 aliphatic carbocycles. The molecule has 3 nitrogen and oxygen atoms in total. The summed E-state index contributed by atoms with van der Waals surface area (Å²) in [6, 6.07) is 8.87. The normalized spacial score (nSPS) is 10.7. The van der Waals surface area contributed by atoms with Crippen LogP contribution < -0.4 is 0 Å². The van der Waals surface area contributed by atoms with Gasteiger partial charge in [0.2, 0.25) is 0 Å². The number of halogens is 2. The smallest absolute Gasteiger partial charge is 0.196 e. The molecule has 1 aromatic heterocycles. The van der Waals surface area contributed by atoms with Crippen LogP contribution in [0.1, 0.15) is 15.9 Å². The average Bonchev–Trinajstić information content (AvgIpc) is 2.46. The van der Waals surface area contributed by atoms with E-state index in [0.29, 0.717) is 16.6 Å². The first-order valence-electron chi connectivity index (χ1n) is 5.86. The Bertz CT molecular complexity index is 820. The van der Waals surface area contributed by atoms with Crippen LogP contribution in [0.25, 0.3) is 11.0 Å². The number of nitrogens with zero attached hydrogens (tertiary/aromatic N) is 2. The van der Waals surface area contributed by atoms with Crippen LogP contribution >= 0.6 is 11.6 Å². The number of rotatable bonds is 2. The topological polar surface area (TPSA) is 42.9 Å². The minimum Gasteiger partial charge on any atom is -0.288 e. The quantitative estimate of drug-likeness (QED) is 0.675. The van der Waals surface area contributed by atoms with Crippen molar-refractivity contribution in [3.05, 3.63) is 70.8 Å². The molecule has 0 atom stereocenters. The van der Waals surface area contributed by atoms with E-state index < -0.39 is 11.6 Å². The molecule has 20 heavy (non-hydrogen) atoms. The Balaban J connectivity index is 2.08. The summed E-state index contributed by atoms with van der Waals surface area (Å²) in [6.45, 7) is 0. The maximum Gasteiger partial charge on any atom is 0.196 e. The zero-order valence-corrected chi connectivity index (χ0v) is 10.9. The lowest BCUT2D eigenvalue weighted by molar-refractivity contribution is 0.103. The van der Waals surface area contributed by atoms with Crippen LogP contribution in [0.15, 0.2) is 48.8 Å². The van der Waals surface area contributed by atoms with E-state index >= 15 is 0 Å². The molecule has 3 rings (SSSR count). The molecule has 2 aromatic carbocycles. The van der Waals surface area contributed by atoms with Crippen LogP contribution in [0.5, 0.6) is 0 Å². The summed E-state index contributed by atoms with van der Waals surface area (Å²) in [5.41, 5.74) is 1.62. The summed E-state index contributed by atoms with van der Waals surface area (Å²) in [7, 11) is 0. The zero-order valence-electron chi connectivity index (χ0n) is 10.2. The number of carbonyl (C=O) groups is 1. The maximum atomic E-state index is 13.8. The molecule has 0 aliphatic heterocycles. The number of hydrogen-bond donors (Lipinski definition) is 0. The molecule has 3 aromatic rings. The van der Waals surface area contributed by atoms with E-state index in [4.69, 9.17) is 11.6 Å². The summed E-state index contributed by atoms with van der Waals surface area (Å²) >= 11 is 5.68. The first-order valence-corrected chi connectivity index (χ1v) is 6.23. The molecule has 0 saturated heterocycles. The van der Waals surface area contributed by atoms with Crippen molar-refractivity contribution in [2.24, 2.45) is 0 Å². The predicted octanol–water partition coefficient (Wildman–Crippen LogP) is 3.65. The standard InChI is InChI=1S/C15H8ClFN2O/c16-10-2-3-11(12(17)8-10)15(20)9-1-4-13-14(7-9)19-6-5-18-13/h1-8H. The molecule has 0 fully saturated rings. The molecule has 0 radical (unpaired) electrons. The second kappa shape index (κ2) is 4.98. The van der Waals surface area contributed by atoms with Crippen molar-refractivity contribution in [1.29, 1.82) is 0 Å². The number of benzene rings is 2. The molecule has 0 spiro atoms. The van der Waals surface area contributed by atoms with Crippen molar-refractivity contribution in [1.82, 2.24) is 9.97 Å². The fourth-order valence-corrected chi connectivity index (χ4v) is 2.09. The second-order valence-electron chi connectivity index (χ2n) is 4.21. The lowest BCUT2D eigenvalue weighted by Gasteiger charge is -2.04. The fourth-order valence-electron chi connectivity index (χ4n) is 1.93. The lowest BCUT2D eigenvalue weighted by Crippen LogP contribution is -2.04. The molecule has 1 heterocycles. The Morgan fingerprint density at radius 1 is 1.00 bits per heavy atom. The van der Waals surface area contributed by atoms with Gasteiger partial charge in [-0.2, -0.15) is 0 Å². The van der Waals surface area contributed by atoms with E-state index in [1.54, 1.807) is 30.6 Å². The molecule has 0 saturated carbocycles. The van der Waals surface area contributed by atoms with Crippen LogP contribution in [-0.4, -0.2) is 15.8 Å². The lowest BCUT2D eigenvalue weighted by atomic mass is 10.0. The zero-order chi connectivity index (χ0) is 14.1. The highest BCUT2D eigenvalue weighted by Gasteiger charge is 2.15. The van der Waals surface area contributed by atoms with Crippen LogP contribution in [0.4, 0.5) is 4.39 Å². The summed E-state index contributed by atoms with van der Waals surface area (Å²) in [5, 5.41) is 0.253. The molecule has 0 bridgehead atoms. The predicted molar refractivity (Wildman–Crippen MR) is 74.4 cm³/mol. The molecule has 0 amide bonds. The van der Waals surface area contributed by atoms with E-state index in [1.165, 1.54) is 12.1 Å². The molecule has 0 unspecified atom stereocenters. The van der Waals surface area contributed by atoms with Crippen molar-refractivity contribution in [2.45, 2.75) is 0 Å². The minimum absolute atomic E-state index is 0.0161. The van der Waals surface area contributed by atoms with Crippen molar-refractivity contribution >= 4 is 28.4 Å². The molecular weight excluding hydrogens is 279 g/mol. The van der Waals surface area contributed by atoms with Gasteiger partial charge in [0.15, 0.2) is 5.78 Å². The number of hydrogen-bond acceptors (Lipinski definition) is 3. The van der Waals surface area contributed by atoms with Crippen molar-refractivity contribution in [3.63, 3.8) is 0 Å². The summed E-state index contributed by atoms with van der Waals surface area (Å²) in [5.74, 6) is -1.05. The van der Waals surface area contributed by atoms with Gasteiger partial charge in [0.1, 0.15) is 5.82 Å². The van der Waals surface area contributed by atoms with Crippen molar-refractivity contribution < 1.29 is 9.18 Å². The third-order valence-electron chi connectivity index (χ3n) is 2.91. The summed E-state index contributed by atoms with van der Waals surface area (Å²) in [6.07, 6.45) is 3.11. The minimum atomic E-state index is -0.637. The monoisotopic (exact) mass is 286 g/mol. The van der Waals surface area contributed by atoms with E-state index in [2.05, 4.69) is 9.97 Å². The Kier molecular flexibility index (Phi) is 3.16. The van der Waals surface area contributed by atoms with Gasteiger partial charge in [0, 0.05) is 23.0 Å². The number of fused-ring (bicyclic) bond motifs is 1. The highest BCUT2D eigenvalue weighted by atomic mass is 35.5. The van der Waals surface area contributed by atoms with Gasteiger partial charge in [-0.1, -0.05) is 11.6 Å². The molecular formula is C15H8ClFN2O. The van der Waals surface area contributed by atoms with E-state index in [-0.39, 0.29) is 10.6 Å². The third kappa shape index (κ3) is 2.26. The Morgan fingerprint density at radius 2 is 1.75 bits per heavy atom. The van der Waals surface area contributed by atoms with Gasteiger partial charge >= 0.3 is 0 Å². The summed E-state index contributed by atoms with van der Waals surface area (Å²) in [4.78, 5) is 20.5. The SMILES string of the molecule is O=C(c1ccc2nccnc2c1)c1ccc(Cl)cc1F. The summed E-state index contributed by atoms with van der Waals surface area (Å²) < 4.78 is 13.8. The highest BCUT2D eigenvalue weighted by molar-refractivity contribution is 6.30. The number of aromatic nitrogens is 2. The highest BCUT2D eigenvalue weighted by Crippen LogP contribution is 2.19. The Hall–Kier alpha value is -2.33. The maximum absolute atomic E-state index is 13.8. The van der Waals surface area contributed by atoms with Gasteiger partial charge < -0.3 is 0 Å². The fraction of sp³-hybridized carbons (Fsp3) is 0. The van der Waals surface area contributed by atoms with Gasteiger partial charge in [0.25, 0.3) is 0 Å². The van der Waals surface area contributed by atoms with Crippen LogP contribution in [0.2, 0.25) is 5.02 Å². The van der Waals surface area contributed by atoms with E-state index in [1.807, 2.05) is 0 Å². The largest absolute Gasteiger partial charge is 0.288 e. The van der Waals surface area contributed by atoms with Gasteiger partial charge in [0.05, 0.1) is 16.6 Å². The van der Waals surface area contributed by atoms with Crippen LogP contribution in [0.3, 0.4) is 0 Å². The van der Waals surface area contributed by atoms with Gasteiger partial charge in [-0.15, -0.1) is 0 Å². The van der Waals surface area contributed by atoms with Crippen LogP contribution in [-0.2, 0) is 0 Å². The number of carbonyl (C=O) groups excluding carboxylic acids is 1. The molecule has 0 aliphatic rings.